The van der Waals surface area contributed by atoms with Crippen molar-refractivity contribution in [2.45, 2.75) is 0 Å². The number of carbonyl (C=O) groups excluding carboxylic acids is 1. The summed E-state index contributed by atoms with van der Waals surface area (Å²) in [5.74, 6) is -0.146. The van der Waals surface area contributed by atoms with Gasteiger partial charge in [0.1, 0.15) is 16.0 Å². The summed E-state index contributed by atoms with van der Waals surface area (Å²) in [4.78, 5) is 19.7. The lowest BCUT2D eigenvalue weighted by Crippen LogP contribution is -2.03. The Morgan fingerprint density at radius 2 is 2.21 bits per heavy atom. The molecule has 0 saturated heterocycles. The van der Waals surface area contributed by atoms with Crippen molar-refractivity contribution >= 4 is 33.0 Å². The maximum atomic E-state index is 11.7. The molecular weight excluding hydrogens is 264 g/mol. The van der Waals surface area contributed by atoms with Crippen molar-refractivity contribution in [2.24, 2.45) is 0 Å². The van der Waals surface area contributed by atoms with Gasteiger partial charge in [-0.1, -0.05) is 6.07 Å². The van der Waals surface area contributed by atoms with Gasteiger partial charge in [0.25, 0.3) is 0 Å². The van der Waals surface area contributed by atoms with Gasteiger partial charge in [0, 0.05) is 5.38 Å². The quantitative estimate of drug-likeness (QED) is 0.621. The number of carbonyl (C=O) groups is 1. The number of ketones is 1. The molecule has 0 amide bonds. The average molecular weight is 269 g/mol. The lowest BCUT2D eigenvalue weighted by molar-refractivity contribution is 0.103. The highest BCUT2D eigenvalue weighted by molar-refractivity contribution is 9.10. The second-order valence-electron chi connectivity index (χ2n) is 2.55. The van der Waals surface area contributed by atoms with Crippen LogP contribution < -0.4 is 0 Å². The lowest BCUT2D eigenvalue weighted by Gasteiger charge is -1.96. The average Bonchev–Trinajstić information content (AvgIpc) is 2.69. The second kappa shape index (κ2) is 3.98. The SMILES string of the molecule is O=C(c1cscn1)c1cccc(Br)n1. The van der Waals surface area contributed by atoms with Crippen molar-refractivity contribution < 1.29 is 4.79 Å². The summed E-state index contributed by atoms with van der Waals surface area (Å²) in [5, 5.41) is 1.71. The Hall–Kier alpha value is -1.07. The van der Waals surface area contributed by atoms with E-state index in [9.17, 15) is 4.79 Å². The first-order valence-electron chi connectivity index (χ1n) is 3.83. The van der Waals surface area contributed by atoms with Crippen molar-refractivity contribution in [3.63, 3.8) is 0 Å². The largest absolute Gasteiger partial charge is 0.285 e. The molecule has 14 heavy (non-hydrogen) atoms. The monoisotopic (exact) mass is 268 g/mol. The van der Waals surface area contributed by atoms with Crippen LogP contribution in [-0.2, 0) is 0 Å². The molecule has 0 radical (unpaired) electrons. The predicted molar refractivity (Wildman–Crippen MR) is 57.5 cm³/mol. The van der Waals surface area contributed by atoms with Gasteiger partial charge in [-0.3, -0.25) is 4.79 Å². The van der Waals surface area contributed by atoms with Gasteiger partial charge in [0.2, 0.25) is 5.78 Å². The highest BCUT2D eigenvalue weighted by Gasteiger charge is 2.11. The summed E-state index contributed by atoms with van der Waals surface area (Å²) in [6.45, 7) is 0. The Balaban J connectivity index is 2.37. The number of halogens is 1. The molecule has 0 spiro atoms. The topological polar surface area (TPSA) is 42.9 Å². The van der Waals surface area contributed by atoms with E-state index >= 15 is 0 Å². The van der Waals surface area contributed by atoms with Crippen molar-refractivity contribution in [1.29, 1.82) is 0 Å². The van der Waals surface area contributed by atoms with E-state index in [-0.39, 0.29) is 5.78 Å². The molecule has 2 aromatic heterocycles. The van der Waals surface area contributed by atoms with Gasteiger partial charge in [0.05, 0.1) is 5.51 Å². The third-order valence-corrected chi connectivity index (χ3v) is 2.64. The van der Waals surface area contributed by atoms with Crippen LogP contribution in [0.4, 0.5) is 0 Å². The van der Waals surface area contributed by atoms with Gasteiger partial charge >= 0.3 is 0 Å². The van der Waals surface area contributed by atoms with E-state index in [4.69, 9.17) is 0 Å². The molecule has 2 heterocycles. The zero-order valence-electron chi connectivity index (χ0n) is 6.98. The number of pyridine rings is 1. The van der Waals surface area contributed by atoms with E-state index < -0.39 is 0 Å². The molecule has 2 rings (SSSR count). The van der Waals surface area contributed by atoms with Gasteiger partial charge in [-0.05, 0) is 28.1 Å². The minimum atomic E-state index is -0.146. The van der Waals surface area contributed by atoms with Gasteiger partial charge < -0.3 is 0 Å². The van der Waals surface area contributed by atoms with Crippen molar-refractivity contribution in [1.82, 2.24) is 9.97 Å². The zero-order valence-corrected chi connectivity index (χ0v) is 9.38. The molecule has 2 aromatic rings. The van der Waals surface area contributed by atoms with Gasteiger partial charge in [-0.15, -0.1) is 11.3 Å². The van der Waals surface area contributed by atoms with E-state index in [0.29, 0.717) is 16.0 Å². The van der Waals surface area contributed by atoms with Gasteiger partial charge in [-0.2, -0.15) is 0 Å². The minimum Gasteiger partial charge on any atom is -0.285 e. The standard InChI is InChI=1S/C9H5BrN2OS/c10-8-3-1-2-6(12-8)9(13)7-4-14-5-11-7/h1-5H. The van der Waals surface area contributed by atoms with Crippen LogP contribution in [0.25, 0.3) is 0 Å². The number of rotatable bonds is 2. The van der Waals surface area contributed by atoms with Crippen molar-refractivity contribution in [2.75, 3.05) is 0 Å². The van der Waals surface area contributed by atoms with E-state index in [2.05, 4.69) is 25.9 Å². The van der Waals surface area contributed by atoms with Crippen LogP contribution in [0.3, 0.4) is 0 Å². The summed E-state index contributed by atoms with van der Waals surface area (Å²) in [6.07, 6.45) is 0. The van der Waals surface area contributed by atoms with Crippen LogP contribution >= 0.6 is 27.3 Å². The summed E-state index contributed by atoms with van der Waals surface area (Å²) < 4.78 is 0.651. The molecule has 0 fully saturated rings. The summed E-state index contributed by atoms with van der Waals surface area (Å²) in [5.41, 5.74) is 2.48. The molecule has 0 bridgehead atoms. The fraction of sp³-hybridized carbons (Fsp3) is 0. The first-order chi connectivity index (χ1) is 6.77. The molecule has 5 heteroatoms. The van der Waals surface area contributed by atoms with Crippen LogP contribution in [-0.4, -0.2) is 15.8 Å². The molecule has 0 aliphatic rings. The molecule has 0 aliphatic carbocycles. The summed E-state index contributed by atoms with van der Waals surface area (Å²) >= 11 is 4.61. The van der Waals surface area contributed by atoms with E-state index in [1.807, 2.05) is 0 Å². The van der Waals surface area contributed by atoms with Gasteiger partial charge in [0.15, 0.2) is 0 Å². The van der Waals surface area contributed by atoms with Crippen LogP contribution in [0.1, 0.15) is 16.2 Å². The maximum absolute atomic E-state index is 11.7. The molecule has 0 aromatic carbocycles. The normalized spacial score (nSPS) is 10.1. The Morgan fingerprint density at radius 1 is 1.36 bits per heavy atom. The molecule has 0 atom stereocenters. The summed E-state index contributed by atoms with van der Waals surface area (Å²) in [6, 6.07) is 5.22. The molecule has 70 valence electrons. The molecule has 0 saturated carbocycles. The van der Waals surface area contributed by atoms with Crippen molar-refractivity contribution in [3.05, 3.63) is 45.1 Å². The number of thiazole rings is 1. The first-order valence-corrected chi connectivity index (χ1v) is 5.56. The lowest BCUT2D eigenvalue weighted by atomic mass is 10.2. The fourth-order valence-electron chi connectivity index (χ4n) is 0.991. The molecule has 3 nitrogen and oxygen atoms in total. The molecule has 0 unspecified atom stereocenters. The van der Waals surface area contributed by atoms with Crippen LogP contribution in [0.2, 0.25) is 0 Å². The smallest absolute Gasteiger partial charge is 0.230 e. The van der Waals surface area contributed by atoms with E-state index in [1.54, 1.807) is 29.1 Å². The van der Waals surface area contributed by atoms with Crippen LogP contribution in [0.15, 0.2) is 33.7 Å². The van der Waals surface area contributed by atoms with Gasteiger partial charge in [-0.25, -0.2) is 9.97 Å². The Bertz CT molecular complexity index is 456. The molecule has 0 N–H and O–H groups in total. The third kappa shape index (κ3) is 1.88. The Kier molecular flexibility index (Phi) is 2.69. The predicted octanol–water partition coefficient (Wildman–Crippen LogP) is 2.53. The highest BCUT2D eigenvalue weighted by Crippen LogP contribution is 2.11. The van der Waals surface area contributed by atoms with E-state index in [0.717, 1.165) is 0 Å². The van der Waals surface area contributed by atoms with E-state index in [1.165, 1.54) is 11.3 Å². The van der Waals surface area contributed by atoms with Crippen LogP contribution in [0.5, 0.6) is 0 Å². The molecule has 0 aliphatic heterocycles. The maximum Gasteiger partial charge on any atom is 0.230 e. The number of aromatic nitrogens is 2. The number of nitrogens with zero attached hydrogens (tertiary/aromatic N) is 2. The van der Waals surface area contributed by atoms with Crippen LogP contribution in [0, 0.1) is 0 Å². The number of hydrogen-bond acceptors (Lipinski definition) is 4. The highest BCUT2D eigenvalue weighted by atomic mass is 79.9. The Labute approximate surface area is 93.0 Å². The third-order valence-electron chi connectivity index (χ3n) is 1.61. The minimum absolute atomic E-state index is 0.146. The molecular formula is C9H5BrN2OS. The fourth-order valence-corrected chi connectivity index (χ4v) is 1.87. The number of hydrogen-bond donors (Lipinski definition) is 0. The second-order valence-corrected chi connectivity index (χ2v) is 4.08. The first kappa shape index (κ1) is 9.48. The zero-order chi connectivity index (χ0) is 9.97. The summed E-state index contributed by atoms with van der Waals surface area (Å²) in [7, 11) is 0. The van der Waals surface area contributed by atoms with Crippen molar-refractivity contribution in [3.8, 4) is 0 Å². The Morgan fingerprint density at radius 3 is 2.86 bits per heavy atom.